The van der Waals surface area contributed by atoms with Crippen molar-refractivity contribution in [2.45, 2.75) is 38.5 Å². The highest BCUT2D eigenvalue weighted by molar-refractivity contribution is 9.10. The zero-order chi connectivity index (χ0) is 13.2. The van der Waals surface area contributed by atoms with Crippen molar-refractivity contribution in [1.82, 2.24) is 4.72 Å². The molecular weight excluding hydrogens is 305 g/mol. The smallest absolute Gasteiger partial charge is 0.129 e. The molecule has 96 valence electrons. The molecule has 0 saturated heterocycles. The molecule has 0 saturated carbocycles. The predicted molar refractivity (Wildman–Crippen MR) is 73.5 cm³/mol. The third kappa shape index (κ3) is 4.16. The van der Waals surface area contributed by atoms with E-state index in [4.69, 9.17) is 0 Å². The molecule has 1 aromatic carbocycles. The highest BCUT2D eigenvalue weighted by Crippen LogP contribution is 2.22. The highest BCUT2D eigenvalue weighted by Gasteiger charge is 2.22. The monoisotopic (exact) mass is 321 g/mol. The summed E-state index contributed by atoms with van der Waals surface area (Å²) in [6.07, 6.45) is 0. The van der Waals surface area contributed by atoms with Gasteiger partial charge >= 0.3 is 0 Å². The van der Waals surface area contributed by atoms with Gasteiger partial charge in [-0.1, -0.05) is 22.0 Å². The Kier molecular flexibility index (Phi) is 4.86. The fourth-order valence-corrected chi connectivity index (χ4v) is 2.39. The highest BCUT2D eigenvalue weighted by atomic mass is 79.9. The lowest BCUT2D eigenvalue weighted by Crippen LogP contribution is -2.35. The van der Waals surface area contributed by atoms with Crippen LogP contribution in [0.15, 0.2) is 22.7 Å². The molecule has 0 amide bonds. The third-order valence-corrected chi connectivity index (χ3v) is 4.44. The third-order valence-electron chi connectivity index (χ3n) is 2.27. The van der Waals surface area contributed by atoms with E-state index in [-0.39, 0.29) is 16.6 Å². The van der Waals surface area contributed by atoms with E-state index in [1.807, 2.05) is 20.8 Å². The molecule has 0 aromatic heterocycles. The molecular formula is C12H17BrFNOS. The van der Waals surface area contributed by atoms with Crippen molar-refractivity contribution in [3.8, 4) is 0 Å². The van der Waals surface area contributed by atoms with Crippen LogP contribution in [0.5, 0.6) is 0 Å². The van der Waals surface area contributed by atoms with Gasteiger partial charge in [0.05, 0.1) is 15.7 Å². The van der Waals surface area contributed by atoms with Crippen LogP contribution in [0.2, 0.25) is 0 Å². The minimum Gasteiger partial charge on any atom is -0.242 e. The molecule has 5 heteroatoms. The van der Waals surface area contributed by atoms with Crippen LogP contribution in [0.4, 0.5) is 4.39 Å². The van der Waals surface area contributed by atoms with Crippen LogP contribution in [0.25, 0.3) is 0 Å². The van der Waals surface area contributed by atoms with Crippen LogP contribution in [-0.2, 0) is 11.0 Å². The van der Waals surface area contributed by atoms with E-state index < -0.39 is 11.0 Å². The van der Waals surface area contributed by atoms with Crippen molar-refractivity contribution in [3.05, 3.63) is 34.1 Å². The average molecular weight is 322 g/mol. The lowest BCUT2D eigenvalue weighted by molar-refractivity contribution is 0.571. The summed E-state index contributed by atoms with van der Waals surface area (Å²) in [5.41, 5.74) is 0.519. The summed E-state index contributed by atoms with van der Waals surface area (Å²) in [4.78, 5) is 0. The minimum absolute atomic E-state index is 0.289. The Hall–Kier alpha value is -0.260. The SMILES string of the molecule is CC(NS(=O)C(C)(C)C)c1ccc(Br)cc1F. The van der Waals surface area contributed by atoms with E-state index in [1.165, 1.54) is 6.07 Å². The summed E-state index contributed by atoms with van der Waals surface area (Å²) in [5, 5.41) is 0. The molecule has 1 aromatic rings. The minimum atomic E-state index is -1.21. The van der Waals surface area contributed by atoms with Crippen molar-refractivity contribution in [3.63, 3.8) is 0 Å². The second-order valence-electron chi connectivity index (χ2n) is 4.89. The van der Waals surface area contributed by atoms with Crippen molar-refractivity contribution >= 4 is 26.9 Å². The fourth-order valence-electron chi connectivity index (χ4n) is 1.25. The number of hydrogen-bond donors (Lipinski definition) is 1. The Labute approximate surface area is 113 Å². The van der Waals surface area contributed by atoms with Gasteiger partial charge in [-0.05, 0) is 39.8 Å². The summed E-state index contributed by atoms with van der Waals surface area (Å²) in [5.74, 6) is -0.301. The first-order chi connectivity index (χ1) is 7.71. The van der Waals surface area contributed by atoms with Gasteiger partial charge in [0.15, 0.2) is 0 Å². The molecule has 1 N–H and O–H groups in total. The molecule has 2 nitrogen and oxygen atoms in total. The Morgan fingerprint density at radius 2 is 2.00 bits per heavy atom. The molecule has 2 atom stereocenters. The zero-order valence-corrected chi connectivity index (χ0v) is 12.8. The van der Waals surface area contributed by atoms with Crippen LogP contribution < -0.4 is 4.72 Å². The number of nitrogens with one attached hydrogen (secondary N) is 1. The predicted octanol–water partition coefficient (Wildman–Crippen LogP) is 3.70. The van der Waals surface area contributed by atoms with E-state index in [2.05, 4.69) is 20.7 Å². The quantitative estimate of drug-likeness (QED) is 0.903. The van der Waals surface area contributed by atoms with Gasteiger partial charge in [-0.15, -0.1) is 0 Å². The first kappa shape index (κ1) is 14.8. The van der Waals surface area contributed by atoms with E-state index in [1.54, 1.807) is 19.1 Å². The van der Waals surface area contributed by atoms with E-state index >= 15 is 0 Å². The molecule has 0 heterocycles. The Balaban J connectivity index is 2.84. The molecule has 17 heavy (non-hydrogen) atoms. The average Bonchev–Trinajstić information content (AvgIpc) is 2.15. The second kappa shape index (κ2) is 5.59. The van der Waals surface area contributed by atoms with Crippen molar-refractivity contribution in [2.24, 2.45) is 0 Å². The van der Waals surface area contributed by atoms with Gasteiger partial charge < -0.3 is 0 Å². The van der Waals surface area contributed by atoms with Gasteiger partial charge in [-0.25, -0.2) is 13.3 Å². The summed E-state index contributed by atoms with van der Waals surface area (Å²) >= 11 is 3.21. The van der Waals surface area contributed by atoms with Crippen LogP contribution in [0, 0.1) is 5.82 Å². The van der Waals surface area contributed by atoms with Crippen molar-refractivity contribution in [2.75, 3.05) is 0 Å². The van der Waals surface area contributed by atoms with Gasteiger partial charge in [-0.2, -0.15) is 0 Å². The summed E-state index contributed by atoms with van der Waals surface area (Å²) in [6, 6.07) is 4.59. The number of benzene rings is 1. The lowest BCUT2D eigenvalue weighted by atomic mass is 10.1. The van der Waals surface area contributed by atoms with Crippen molar-refractivity contribution < 1.29 is 8.60 Å². The van der Waals surface area contributed by atoms with Gasteiger partial charge in [0.1, 0.15) is 5.82 Å². The maximum Gasteiger partial charge on any atom is 0.129 e. The Morgan fingerprint density at radius 3 is 2.47 bits per heavy atom. The lowest BCUT2D eigenvalue weighted by Gasteiger charge is -2.22. The van der Waals surface area contributed by atoms with E-state index in [0.717, 1.165) is 0 Å². The molecule has 1 rings (SSSR count). The number of halogens is 2. The largest absolute Gasteiger partial charge is 0.242 e. The van der Waals surface area contributed by atoms with E-state index in [9.17, 15) is 8.60 Å². The summed E-state index contributed by atoms with van der Waals surface area (Å²) in [7, 11) is -1.21. The second-order valence-corrected chi connectivity index (χ2v) is 7.80. The van der Waals surface area contributed by atoms with Gasteiger partial charge in [0.2, 0.25) is 0 Å². The topological polar surface area (TPSA) is 29.1 Å². The first-order valence-electron chi connectivity index (χ1n) is 5.35. The summed E-state index contributed by atoms with van der Waals surface area (Å²) in [6.45, 7) is 7.43. The molecule has 0 bridgehead atoms. The molecule has 0 fully saturated rings. The maximum atomic E-state index is 13.7. The van der Waals surface area contributed by atoms with Gasteiger partial charge in [-0.3, -0.25) is 0 Å². The number of rotatable bonds is 3. The van der Waals surface area contributed by atoms with Gasteiger partial charge in [0, 0.05) is 16.1 Å². The standard InChI is InChI=1S/C12H17BrFNOS/c1-8(15-17(16)12(2,3)4)10-6-5-9(13)7-11(10)14/h5-8,15H,1-4H3. The normalized spacial score (nSPS) is 15.6. The van der Waals surface area contributed by atoms with Crippen LogP contribution >= 0.6 is 15.9 Å². The number of hydrogen-bond acceptors (Lipinski definition) is 1. The van der Waals surface area contributed by atoms with Crippen LogP contribution in [0.1, 0.15) is 39.3 Å². The molecule has 0 aliphatic carbocycles. The molecule has 2 unspecified atom stereocenters. The maximum absolute atomic E-state index is 13.7. The zero-order valence-electron chi connectivity index (χ0n) is 10.4. The van der Waals surface area contributed by atoms with Crippen molar-refractivity contribution in [1.29, 1.82) is 0 Å². The first-order valence-corrected chi connectivity index (χ1v) is 7.29. The summed E-state index contributed by atoms with van der Waals surface area (Å²) < 4.78 is 28.8. The molecule has 0 aliphatic rings. The van der Waals surface area contributed by atoms with Gasteiger partial charge in [0.25, 0.3) is 0 Å². The van der Waals surface area contributed by atoms with E-state index in [0.29, 0.717) is 10.0 Å². The van der Waals surface area contributed by atoms with Crippen LogP contribution in [-0.4, -0.2) is 8.96 Å². The molecule has 0 spiro atoms. The van der Waals surface area contributed by atoms with Crippen LogP contribution in [0.3, 0.4) is 0 Å². The fraction of sp³-hybridized carbons (Fsp3) is 0.500. The molecule has 0 radical (unpaired) electrons. The Morgan fingerprint density at radius 1 is 1.41 bits per heavy atom. The molecule has 0 aliphatic heterocycles. The Bertz CT molecular complexity index is 431.